The van der Waals surface area contributed by atoms with Gasteiger partial charge >= 0.3 is 0 Å². The Morgan fingerprint density at radius 1 is 1.10 bits per heavy atom. The number of hydrazine groups is 1. The van der Waals surface area contributed by atoms with Crippen molar-refractivity contribution in [2.24, 2.45) is 23.6 Å². The fourth-order valence-corrected chi connectivity index (χ4v) is 3.09. The Labute approximate surface area is 127 Å². The van der Waals surface area contributed by atoms with Crippen LogP contribution in [-0.4, -0.2) is 16.5 Å². The first-order valence-corrected chi connectivity index (χ1v) is 8.19. The molecule has 3 rings (SSSR count). The molecule has 5 nitrogen and oxygen atoms in total. The highest BCUT2D eigenvalue weighted by molar-refractivity contribution is 5.56. The number of hydrogen-bond donors (Lipinski definition) is 3. The van der Waals surface area contributed by atoms with Crippen LogP contribution in [0.25, 0.3) is 0 Å². The molecule has 0 amide bonds. The average molecular weight is 289 g/mol. The summed E-state index contributed by atoms with van der Waals surface area (Å²) in [5, 5.41) is 3.58. The number of nitrogens with zero attached hydrogens (tertiary/aromatic N) is 2. The standard InChI is InChI=1S/C16H27N5/c1-9(2)14-19-15(10(3)16(20-14)21-17)18-8-13(11-4-5-11)12-6-7-12/h9,11-13H,4-8,17H2,1-3H3,(H2,18,19,20,21). The topological polar surface area (TPSA) is 75.9 Å². The zero-order valence-electron chi connectivity index (χ0n) is 13.3. The molecule has 0 radical (unpaired) electrons. The van der Waals surface area contributed by atoms with E-state index >= 15 is 0 Å². The van der Waals surface area contributed by atoms with Gasteiger partial charge in [-0.05, 0) is 50.4 Å². The first kappa shape index (κ1) is 14.6. The van der Waals surface area contributed by atoms with Crippen LogP contribution in [0.1, 0.15) is 56.8 Å². The highest BCUT2D eigenvalue weighted by Gasteiger charge is 2.41. The van der Waals surface area contributed by atoms with Crippen molar-refractivity contribution in [3.8, 4) is 0 Å². The van der Waals surface area contributed by atoms with E-state index < -0.39 is 0 Å². The lowest BCUT2D eigenvalue weighted by molar-refractivity contribution is 0.427. The van der Waals surface area contributed by atoms with Crippen molar-refractivity contribution in [2.45, 2.75) is 52.4 Å². The summed E-state index contributed by atoms with van der Waals surface area (Å²) in [6.45, 7) is 7.26. The maximum absolute atomic E-state index is 5.59. The maximum atomic E-state index is 5.59. The minimum absolute atomic E-state index is 0.293. The fraction of sp³-hybridized carbons (Fsp3) is 0.750. The summed E-state index contributed by atoms with van der Waals surface area (Å²) in [5.74, 6) is 11.1. The Morgan fingerprint density at radius 3 is 2.14 bits per heavy atom. The van der Waals surface area contributed by atoms with Crippen LogP contribution in [0.15, 0.2) is 0 Å². The van der Waals surface area contributed by atoms with Gasteiger partial charge in [-0.3, -0.25) is 0 Å². The minimum atomic E-state index is 0.293. The maximum Gasteiger partial charge on any atom is 0.148 e. The van der Waals surface area contributed by atoms with Crippen molar-refractivity contribution in [2.75, 3.05) is 17.3 Å². The van der Waals surface area contributed by atoms with Crippen LogP contribution in [0.2, 0.25) is 0 Å². The molecule has 0 saturated heterocycles. The second kappa shape index (κ2) is 5.79. The molecule has 2 aliphatic carbocycles. The van der Waals surface area contributed by atoms with Crippen LogP contribution < -0.4 is 16.6 Å². The summed E-state index contributed by atoms with van der Waals surface area (Å²) < 4.78 is 0. The number of aromatic nitrogens is 2. The molecule has 1 heterocycles. The number of nitrogen functional groups attached to an aromatic ring is 1. The average Bonchev–Trinajstić information content (AvgIpc) is 3.34. The molecule has 2 aliphatic rings. The highest BCUT2D eigenvalue weighted by atomic mass is 15.3. The van der Waals surface area contributed by atoms with Gasteiger partial charge in [-0.25, -0.2) is 15.8 Å². The number of nitrogens with one attached hydrogen (secondary N) is 2. The third kappa shape index (κ3) is 3.28. The molecule has 0 aromatic carbocycles. The molecule has 2 fully saturated rings. The van der Waals surface area contributed by atoms with Gasteiger partial charge in [0.25, 0.3) is 0 Å². The van der Waals surface area contributed by atoms with Crippen molar-refractivity contribution < 1.29 is 0 Å². The second-order valence-electron chi connectivity index (χ2n) is 6.92. The number of nitrogens with two attached hydrogens (primary N) is 1. The highest BCUT2D eigenvalue weighted by Crippen LogP contribution is 2.49. The minimum Gasteiger partial charge on any atom is -0.369 e. The Hall–Kier alpha value is -1.36. The molecular formula is C16H27N5. The molecular weight excluding hydrogens is 262 g/mol. The monoisotopic (exact) mass is 289 g/mol. The molecule has 116 valence electrons. The van der Waals surface area contributed by atoms with Gasteiger partial charge in [-0.15, -0.1) is 0 Å². The lowest BCUT2D eigenvalue weighted by Gasteiger charge is -2.19. The van der Waals surface area contributed by atoms with Gasteiger partial charge in [0.2, 0.25) is 0 Å². The molecule has 0 aliphatic heterocycles. The van der Waals surface area contributed by atoms with Crippen molar-refractivity contribution in [3.05, 3.63) is 11.4 Å². The predicted octanol–water partition coefficient (Wildman–Crippen LogP) is 3.04. The van der Waals surface area contributed by atoms with Gasteiger partial charge in [0.1, 0.15) is 17.5 Å². The number of rotatable bonds is 7. The molecule has 0 bridgehead atoms. The van der Waals surface area contributed by atoms with Crippen LogP contribution in [0.4, 0.5) is 11.6 Å². The van der Waals surface area contributed by atoms with Gasteiger partial charge < -0.3 is 10.7 Å². The normalized spacial score (nSPS) is 18.4. The van der Waals surface area contributed by atoms with E-state index in [0.717, 1.165) is 47.3 Å². The molecule has 4 N–H and O–H groups in total. The van der Waals surface area contributed by atoms with Gasteiger partial charge in [0.05, 0.1) is 0 Å². The first-order valence-electron chi connectivity index (χ1n) is 8.19. The van der Waals surface area contributed by atoms with Crippen molar-refractivity contribution >= 4 is 11.6 Å². The zero-order chi connectivity index (χ0) is 15.0. The predicted molar refractivity (Wildman–Crippen MR) is 86.1 cm³/mol. The van der Waals surface area contributed by atoms with E-state index in [1.165, 1.54) is 25.7 Å². The van der Waals surface area contributed by atoms with E-state index in [1.807, 2.05) is 6.92 Å². The van der Waals surface area contributed by atoms with Crippen LogP contribution in [0.3, 0.4) is 0 Å². The molecule has 1 aromatic rings. The summed E-state index contributed by atoms with van der Waals surface area (Å²) in [6.07, 6.45) is 5.66. The summed E-state index contributed by atoms with van der Waals surface area (Å²) in [6, 6.07) is 0. The zero-order valence-corrected chi connectivity index (χ0v) is 13.3. The molecule has 2 saturated carbocycles. The van der Waals surface area contributed by atoms with Gasteiger partial charge in [0.15, 0.2) is 0 Å². The van der Waals surface area contributed by atoms with E-state index in [4.69, 9.17) is 10.8 Å². The summed E-state index contributed by atoms with van der Waals surface area (Å²) >= 11 is 0. The number of anilines is 2. The van der Waals surface area contributed by atoms with Gasteiger partial charge in [0, 0.05) is 18.0 Å². The van der Waals surface area contributed by atoms with E-state index in [0.29, 0.717) is 5.92 Å². The lowest BCUT2D eigenvalue weighted by Crippen LogP contribution is -2.21. The lowest BCUT2D eigenvalue weighted by atomic mass is 9.98. The molecule has 0 unspecified atom stereocenters. The molecule has 0 spiro atoms. The van der Waals surface area contributed by atoms with E-state index in [1.54, 1.807) is 0 Å². The van der Waals surface area contributed by atoms with Crippen molar-refractivity contribution in [1.29, 1.82) is 0 Å². The van der Waals surface area contributed by atoms with E-state index in [-0.39, 0.29) is 0 Å². The summed E-state index contributed by atoms with van der Waals surface area (Å²) in [7, 11) is 0. The largest absolute Gasteiger partial charge is 0.369 e. The van der Waals surface area contributed by atoms with Crippen molar-refractivity contribution in [1.82, 2.24) is 9.97 Å². The van der Waals surface area contributed by atoms with Crippen LogP contribution in [0, 0.1) is 24.7 Å². The van der Waals surface area contributed by atoms with Crippen LogP contribution in [-0.2, 0) is 0 Å². The Balaban J connectivity index is 1.75. The molecule has 5 heteroatoms. The third-order valence-electron chi connectivity index (χ3n) is 4.78. The molecule has 0 atom stereocenters. The number of hydrogen-bond acceptors (Lipinski definition) is 5. The summed E-state index contributed by atoms with van der Waals surface area (Å²) in [5.41, 5.74) is 3.70. The van der Waals surface area contributed by atoms with Crippen molar-refractivity contribution in [3.63, 3.8) is 0 Å². The van der Waals surface area contributed by atoms with Crippen LogP contribution >= 0.6 is 0 Å². The fourth-order valence-electron chi connectivity index (χ4n) is 3.09. The molecule has 1 aromatic heterocycles. The quantitative estimate of drug-likeness (QED) is 0.531. The summed E-state index contributed by atoms with van der Waals surface area (Å²) in [4.78, 5) is 9.18. The third-order valence-corrected chi connectivity index (χ3v) is 4.78. The molecule has 21 heavy (non-hydrogen) atoms. The Kier molecular flexibility index (Phi) is 4.02. The van der Waals surface area contributed by atoms with E-state index in [2.05, 4.69) is 29.6 Å². The van der Waals surface area contributed by atoms with Gasteiger partial charge in [-0.2, -0.15) is 0 Å². The van der Waals surface area contributed by atoms with Crippen LogP contribution in [0.5, 0.6) is 0 Å². The Bertz CT molecular complexity index is 494. The van der Waals surface area contributed by atoms with Gasteiger partial charge in [-0.1, -0.05) is 13.8 Å². The van der Waals surface area contributed by atoms with E-state index in [9.17, 15) is 0 Å². The Morgan fingerprint density at radius 2 is 1.67 bits per heavy atom. The second-order valence-corrected chi connectivity index (χ2v) is 6.92. The smallest absolute Gasteiger partial charge is 0.148 e. The first-order chi connectivity index (χ1) is 10.1. The SMILES string of the molecule is Cc1c(NN)nc(C(C)C)nc1NCC(C1CC1)C1CC1.